The molecule has 0 unspecified atom stereocenters. The monoisotopic (exact) mass is 495 g/mol. The van der Waals surface area contributed by atoms with Gasteiger partial charge in [0.05, 0.1) is 19.3 Å². The lowest BCUT2D eigenvalue weighted by Gasteiger charge is -2.30. The van der Waals surface area contributed by atoms with Crippen molar-refractivity contribution in [1.29, 1.82) is 0 Å². The first-order chi connectivity index (χ1) is 17.6. The number of rotatable bonds is 9. The van der Waals surface area contributed by atoms with Gasteiger partial charge in [-0.2, -0.15) is 0 Å². The molecule has 8 nitrogen and oxygen atoms in total. The molecule has 194 valence electrons. The van der Waals surface area contributed by atoms with Crippen molar-refractivity contribution < 1.29 is 23.7 Å². The Morgan fingerprint density at radius 2 is 1.86 bits per heavy atom. The van der Waals surface area contributed by atoms with E-state index in [2.05, 4.69) is 28.9 Å². The van der Waals surface area contributed by atoms with Crippen molar-refractivity contribution in [3.8, 4) is 11.5 Å². The quantitative estimate of drug-likeness (QED) is 0.529. The van der Waals surface area contributed by atoms with Crippen LogP contribution in [0.1, 0.15) is 30.9 Å². The number of carbonyl (C=O) groups excluding carboxylic acids is 1. The van der Waals surface area contributed by atoms with Crippen LogP contribution >= 0.6 is 0 Å². The van der Waals surface area contributed by atoms with Crippen molar-refractivity contribution in [3.05, 3.63) is 53.9 Å². The molecule has 0 saturated carbocycles. The van der Waals surface area contributed by atoms with Crippen LogP contribution in [0, 0.1) is 11.8 Å². The van der Waals surface area contributed by atoms with Gasteiger partial charge in [0.2, 0.25) is 12.7 Å². The van der Waals surface area contributed by atoms with Gasteiger partial charge in [0.15, 0.2) is 11.5 Å². The van der Waals surface area contributed by atoms with Crippen LogP contribution in [0.3, 0.4) is 0 Å². The fourth-order valence-electron chi connectivity index (χ4n) is 5.38. The Bertz CT molecular complexity index is 998. The Balaban J connectivity index is 1.22. The first-order valence-corrected chi connectivity index (χ1v) is 13.1. The van der Waals surface area contributed by atoms with E-state index in [0.29, 0.717) is 31.5 Å². The molecule has 1 amide bonds. The summed E-state index contributed by atoms with van der Waals surface area (Å²) in [5.41, 5.74) is 2.32. The number of ether oxygens (including phenoxy) is 4. The smallest absolute Gasteiger partial charge is 0.236 e. The zero-order valence-corrected chi connectivity index (χ0v) is 21.1. The van der Waals surface area contributed by atoms with E-state index in [1.807, 2.05) is 23.1 Å². The summed E-state index contributed by atoms with van der Waals surface area (Å²) < 4.78 is 22.9. The van der Waals surface area contributed by atoms with E-state index in [1.165, 1.54) is 5.56 Å². The van der Waals surface area contributed by atoms with Crippen molar-refractivity contribution in [2.24, 2.45) is 11.8 Å². The molecule has 3 aliphatic rings. The van der Waals surface area contributed by atoms with Gasteiger partial charge in [0.1, 0.15) is 0 Å². The highest BCUT2D eigenvalue weighted by atomic mass is 16.7. The molecule has 4 heterocycles. The van der Waals surface area contributed by atoms with Gasteiger partial charge in [-0.25, -0.2) is 0 Å². The fraction of sp³-hybridized carbons (Fsp3) is 0.571. The number of carbonyl (C=O) groups is 1. The summed E-state index contributed by atoms with van der Waals surface area (Å²) in [5.74, 6) is 2.70. The lowest BCUT2D eigenvalue weighted by atomic mass is 9.99. The second kappa shape index (κ2) is 12.0. The number of nitrogens with zero attached hydrogens (tertiary/aromatic N) is 3. The molecule has 8 heteroatoms. The van der Waals surface area contributed by atoms with Crippen LogP contribution < -0.4 is 9.47 Å². The van der Waals surface area contributed by atoms with Gasteiger partial charge < -0.3 is 23.8 Å². The Morgan fingerprint density at radius 3 is 2.69 bits per heavy atom. The molecule has 0 spiro atoms. The number of hydrogen-bond donors (Lipinski definition) is 0. The van der Waals surface area contributed by atoms with Gasteiger partial charge in [-0.1, -0.05) is 13.0 Å². The minimum atomic E-state index is -0.0396. The summed E-state index contributed by atoms with van der Waals surface area (Å²) in [6.45, 7) is 8.06. The van der Waals surface area contributed by atoms with Crippen molar-refractivity contribution in [3.63, 3.8) is 0 Å². The van der Waals surface area contributed by atoms with Crippen LogP contribution in [0.4, 0.5) is 0 Å². The average Bonchev–Trinajstić information content (AvgIpc) is 3.30. The summed E-state index contributed by atoms with van der Waals surface area (Å²) in [4.78, 5) is 21.8. The first kappa shape index (κ1) is 25.0. The van der Waals surface area contributed by atoms with Crippen molar-refractivity contribution in [2.45, 2.75) is 38.9 Å². The molecule has 3 aliphatic heterocycles. The minimum absolute atomic E-state index is 0.0396. The zero-order chi connectivity index (χ0) is 24.7. The van der Waals surface area contributed by atoms with Crippen LogP contribution in [-0.2, 0) is 27.3 Å². The van der Waals surface area contributed by atoms with Gasteiger partial charge in [0.25, 0.3) is 0 Å². The molecule has 36 heavy (non-hydrogen) atoms. The third-order valence-corrected chi connectivity index (χ3v) is 7.24. The van der Waals surface area contributed by atoms with Crippen LogP contribution in [0.2, 0.25) is 0 Å². The highest BCUT2D eigenvalue weighted by Gasteiger charge is 2.31. The van der Waals surface area contributed by atoms with Gasteiger partial charge in [-0.15, -0.1) is 0 Å². The predicted molar refractivity (Wildman–Crippen MR) is 135 cm³/mol. The number of hydrogen-bond acceptors (Lipinski definition) is 7. The molecule has 0 N–H and O–H groups in total. The maximum absolute atomic E-state index is 13.3. The molecule has 2 atom stereocenters. The maximum Gasteiger partial charge on any atom is 0.236 e. The molecule has 1 aromatic heterocycles. The largest absolute Gasteiger partial charge is 0.454 e. The van der Waals surface area contributed by atoms with E-state index in [1.54, 1.807) is 12.4 Å². The van der Waals surface area contributed by atoms with Gasteiger partial charge in [-0.05, 0) is 66.5 Å². The first-order valence-electron chi connectivity index (χ1n) is 13.1. The molecular weight excluding hydrogens is 458 g/mol. The number of benzene rings is 1. The lowest BCUT2D eigenvalue weighted by Crippen LogP contribution is -2.42. The molecular formula is C28H37N3O5. The Morgan fingerprint density at radius 1 is 1.06 bits per heavy atom. The fourth-order valence-corrected chi connectivity index (χ4v) is 5.38. The van der Waals surface area contributed by atoms with E-state index in [0.717, 1.165) is 69.2 Å². The molecule has 1 aromatic carbocycles. The highest BCUT2D eigenvalue weighted by molar-refractivity contribution is 5.78. The third-order valence-electron chi connectivity index (χ3n) is 7.24. The van der Waals surface area contributed by atoms with Crippen molar-refractivity contribution in [1.82, 2.24) is 14.8 Å². The number of aromatic nitrogens is 1. The van der Waals surface area contributed by atoms with Gasteiger partial charge >= 0.3 is 0 Å². The minimum Gasteiger partial charge on any atom is -0.454 e. The number of amides is 1. The molecule has 2 saturated heterocycles. The van der Waals surface area contributed by atoms with Crippen molar-refractivity contribution >= 4 is 5.91 Å². The highest BCUT2D eigenvalue weighted by Crippen LogP contribution is 2.33. The van der Waals surface area contributed by atoms with Crippen molar-refractivity contribution in [2.75, 3.05) is 52.7 Å². The van der Waals surface area contributed by atoms with Crippen LogP contribution in [0.5, 0.6) is 11.5 Å². The summed E-state index contributed by atoms with van der Waals surface area (Å²) in [5, 5.41) is 0. The van der Waals surface area contributed by atoms with E-state index in [-0.39, 0.29) is 18.8 Å². The molecule has 0 aliphatic carbocycles. The second-order valence-corrected chi connectivity index (χ2v) is 10.3. The van der Waals surface area contributed by atoms with E-state index in [4.69, 9.17) is 18.9 Å². The Labute approximate surface area is 213 Å². The molecule has 0 radical (unpaired) electrons. The van der Waals surface area contributed by atoms with E-state index in [9.17, 15) is 4.79 Å². The van der Waals surface area contributed by atoms with E-state index < -0.39 is 0 Å². The number of fused-ring (bicyclic) bond motifs is 1. The molecule has 5 rings (SSSR count). The normalized spacial score (nSPS) is 22.0. The SMILES string of the molecule is C[C@H](Cc1ccc2c(c1)OCO2)CN1CC(=O)N(CC2CCOCC2)C[C@@H](OCc2ccncc2)C1. The summed E-state index contributed by atoms with van der Waals surface area (Å²) in [6, 6.07) is 10.1. The second-order valence-electron chi connectivity index (χ2n) is 10.3. The summed E-state index contributed by atoms with van der Waals surface area (Å²) in [7, 11) is 0. The van der Waals surface area contributed by atoms with Crippen LogP contribution in [0.25, 0.3) is 0 Å². The average molecular weight is 496 g/mol. The third kappa shape index (κ3) is 6.75. The van der Waals surface area contributed by atoms with E-state index >= 15 is 0 Å². The lowest BCUT2D eigenvalue weighted by molar-refractivity contribution is -0.133. The molecule has 2 fully saturated rings. The van der Waals surface area contributed by atoms with Crippen LogP contribution in [0.15, 0.2) is 42.7 Å². The van der Waals surface area contributed by atoms with Crippen LogP contribution in [-0.4, -0.2) is 79.5 Å². The van der Waals surface area contributed by atoms with Gasteiger partial charge in [0, 0.05) is 51.8 Å². The zero-order valence-electron chi connectivity index (χ0n) is 21.1. The molecule has 0 bridgehead atoms. The number of pyridine rings is 1. The predicted octanol–water partition coefficient (Wildman–Crippen LogP) is 3.15. The summed E-state index contributed by atoms with van der Waals surface area (Å²) >= 11 is 0. The van der Waals surface area contributed by atoms with Gasteiger partial charge in [-0.3, -0.25) is 14.7 Å². The molecule has 2 aromatic rings. The summed E-state index contributed by atoms with van der Waals surface area (Å²) in [6.07, 6.45) is 6.48. The standard InChI is InChI=1S/C28H37N3O5/c1-21(12-24-2-3-26-27(13-24)36-20-35-26)14-30-16-25(34-19-23-4-8-29-9-5-23)17-31(28(32)18-30)15-22-6-10-33-11-7-22/h2-5,8-9,13,21-22,25H,6-7,10-12,14-20H2,1H3/t21-,25+/m1/s1. The maximum atomic E-state index is 13.3. The topological polar surface area (TPSA) is 73.4 Å². The Hall–Kier alpha value is -2.68. The Kier molecular flexibility index (Phi) is 8.36.